The molecule has 1 aliphatic rings. The maximum Gasteiger partial charge on any atom is 0.124 e. The molecule has 3 nitrogen and oxygen atoms in total. The standard InChI is InChI=1S/C12H17NO2.ClH/c1-14-12-5-3-2-4-10(12)9-15-11-6-7-13-8-11;/h2-5,11,13H,6-9H2,1H3;1H/t11-;/m0./s1. The summed E-state index contributed by atoms with van der Waals surface area (Å²) in [4.78, 5) is 0. The maximum absolute atomic E-state index is 5.79. The van der Waals surface area contributed by atoms with Gasteiger partial charge in [0.25, 0.3) is 0 Å². The normalized spacial score (nSPS) is 19.2. The summed E-state index contributed by atoms with van der Waals surface area (Å²) in [5.74, 6) is 0.906. The molecule has 1 aliphatic heterocycles. The van der Waals surface area contributed by atoms with Crippen LogP contribution in [-0.2, 0) is 11.3 Å². The Hall–Kier alpha value is -0.770. The highest BCUT2D eigenvalue weighted by atomic mass is 35.5. The predicted octanol–water partition coefficient (Wildman–Crippen LogP) is 2.00. The first-order valence-electron chi connectivity index (χ1n) is 5.34. The fraction of sp³-hybridized carbons (Fsp3) is 0.500. The lowest BCUT2D eigenvalue weighted by Crippen LogP contribution is -2.16. The predicted molar refractivity (Wildman–Crippen MR) is 66.3 cm³/mol. The Morgan fingerprint density at radius 1 is 1.38 bits per heavy atom. The first kappa shape index (κ1) is 13.3. The lowest BCUT2D eigenvalue weighted by Gasteiger charge is -2.12. The van der Waals surface area contributed by atoms with Crippen molar-refractivity contribution in [3.8, 4) is 5.75 Å². The zero-order valence-corrected chi connectivity index (χ0v) is 10.3. The van der Waals surface area contributed by atoms with Gasteiger partial charge in [-0.25, -0.2) is 0 Å². The van der Waals surface area contributed by atoms with E-state index in [0.29, 0.717) is 12.7 Å². The van der Waals surface area contributed by atoms with E-state index in [1.807, 2.05) is 24.3 Å². The van der Waals surface area contributed by atoms with Crippen LogP contribution in [0.5, 0.6) is 5.75 Å². The average molecular weight is 244 g/mol. The summed E-state index contributed by atoms with van der Waals surface area (Å²) in [5, 5.41) is 3.28. The van der Waals surface area contributed by atoms with E-state index >= 15 is 0 Å². The molecule has 1 N–H and O–H groups in total. The van der Waals surface area contributed by atoms with Gasteiger partial charge in [0, 0.05) is 12.1 Å². The molecule has 1 fully saturated rings. The number of halogens is 1. The number of hydrogen-bond acceptors (Lipinski definition) is 3. The van der Waals surface area contributed by atoms with Crippen molar-refractivity contribution in [2.24, 2.45) is 0 Å². The summed E-state index contributed by atoms with van der Waals surface area (Å²) in [6.07, 6.45) is 1.46. The fourth-order valence-corrected chi connectivity index (χ4v) is 1.80. The number of methoxy groups -OCH3 is 1. The second kappa shape index (κ2) is 6.74. The third-order valence-corrected chi connectivity index (χ3v) is 2.68. The average Bonchev–Trinajstić information content (AvgIpc) is 2.79. The van der Waals surface area contributed by atoms with Gasteiger partial charge in [0.15, 0.2) is 0 Å². The Bertz CT molecular complexity index is 314. The van der Waals surface area contributed by atoms with Crippen LogP contribution in [0.4, 0.5) is 0 Å². The molecule has 1 aromatic rings. The number of hydrogen-bond donors (Lipinski definition) is 1. The molecule has 0 amide bonds. The molecular formula is C12H18ClNO2. The van der Waals surface area contributed by atoms with Crippen molar-refractivity contribution in [2.45, 2.75) is 19.1 Å². The highest BCUT2D eigenvalue weighted by Gasteiger charge is 2.15. The van der Waals surface area contributed by atoms with Crippen LogP contribution >= 0.6 is 12.4 Å². The van der Waals surface area contributed by atoms with Gasteiger partial charge in [-0.3, -0.25) is 0 Å². The molecule has 2 rings (SSSR count). The number of nitrogens with one attached hydrogen (secondary N) is 1. The van der Waals surface area contributed by atoms with E-state index in [1.54, 1.807) is 7.11 Å². The van der Waals surface area contributed by atoms with Crippen molar-refractivity contribution >= 4 is 12.4 Å². The third-order valence-electron chi connectivity index (χ3n) is 2.68. The highest BCUT2D eigenvalue weighted by molar-refractivity contribution is 5.85. The zero-order chi connectivity index (χ0) is 10.5. The van der Waals surface area contributed by atoms with Crippen LogP contribution in [0.3, 0.4) is 0 Å². The van der Waals surface area contributed by atoms with E-state index in [9.17, 15) is 0 Å². The largest absolute Gasteiger partial charge is 0.496 e. The van der Waals surface area contributed by atoms with Gasteiger partial charge in [-0.15, -0.1) is 12.4 Å². The van der Waals surface area contributed by atoms with Crippen molar-refractivity contribution in [3.05, 3.63) is 29.8 Å². The summed E-state index contributed by atoms with van der Waals surface area (Å²) in [6.45, 7) is 2.67. The van der Waals surface area contributed by atoms with Crippen LogP contribution in [-0.4, -0.2) is 26.3 Å². The Morgan fingerprint density at radius 2 is 2.19 bits per heavy atom. The molecule has 0 aliphatic carbocycles. The minimum atomic E-state index is 0. The van der Waals surface area contributed by atoms with Crippen LogP contribution in [0.2, 0.25) is 0 Å². The molecule has 1 atom stereocenters. The summed E-state index contributed by atoms with van der Waals surface area (Å²) in [5.41, 5.74) is 1.12. The summed E-state index contributed by atoms with van der Waals surface area (Å²) < 4.78 is 11.1. The Morgan fingerprint density at radius 3 is 2.88 bits per heavy atom. The Labute approximate surface area is 103 Å². The molecule has 16 heavy (non-hydrogen) atoms. The van der Waals surface area contributed by atoms with Crippen molar-refractivity contribution in [3.63, 3.8) is 0 Å². The molecule has 0 radical (unpaired) electrons. The van der Waals surface area contributed by atoms with Crippen LogP contribution in [0.1, 0.15) is 12.0 Å². The van der Waals surface area contributed by atoms with Crippen LogP contribution < -0.4 is 10.1 Å². The fourth-order valence-electron chi connectivity index (χ4n) is 1.80. The SMILES string of the molecule is COc1ccccc1CO[C@H]1CCNC1.Cl. The maximum atomic E-state index is 5.79. The molecule has 0 bridgehead atoms. The minimum Gasteiger partial charge on any atom is -0.496 e. The topological polar surface area (TPSA) is 30.5 Å². The van der Waals surface area contributed by atoms with Crippen LogP contribution in [0, 0.1) is 0 Å². The lowest BCUT2D eigenvalue weighted by atomic mass is 10.2. The quantitative estimate of drug-likeness (QED) is 0.878. The Kier molecular flexibility index (Phi) is 5.60. The first-order chi connectivity index (χ1) is 7.40. The monoisotopic (exact) mass is 243 g/mol. The molecule has 0 spiro atoms. The molecule has 90 valence electrons. The molecule has 4 heteroatoms. The minimum absolute atomic E-state index is 0. The van der Waals surface area contributed by atoms with Gasteiger partial charge in [-0.05, 0) is 19.0 Å². The van der Waals surface area contributed by atoms with Gasteiger partial charge in [-0.2, -0.15) is 0 Å². The smallest absolute Gasteiger partial charge is 0.124 e. The van der Waals surface area contributed by atoms with Crippen LogP contribution in [0.25, 0.3) is 0 Å². The zero-order valence-electron chi connectivity index (χ0n) is 9.44. The number of para-hydroxylation sites is 1. The molecule has 0 aromatic heterocycles. The molecular weight excluding hydrogens is 226 g/mol. The van der Waals surface area contributed by atoms with E-state index in [1.165, 1.54) is 0 Å². The van der Waals surface area contributed by atoms with Gasteiger partial charge in [0.2, 0.25) is 0 Å². The van der Waals surface area contributed by atoms with Gasteiger partial charge in [0.1, 0.15) is 5.75 Å². The summed E-state index contributed by atoms with van der Waals surface area (Å²) in [6, 6.07) is 7.99. The van der Waals surface area contributed by atoms with Gasteiger partial charge in [0.05, 0.1) is 19.8 Å². The van der Waals surface area contributed by atoms with E-state index in [0.717, 1.165) is 30.8 Å². The first-order valence-corrected chi connectivity index (χ1v) is 5.34. The second-order valence-electron chi connectivity index (χ2n) is 3.74. The molecule has 1 heterocycles. The summed E-state index contributed by atoms with van der Waals surface area (Å²) >= 11 is 0. The Balaban J connectivity index is 0.00000128. The highest BCUT2D eigenvalue weighted by Crippen LogP contribution is 2.19. The lowest BCUT2D eigenvalue weighted by molar-refractivity contribution is 0.0531. The van der Waals surface area contributed by atoms with Crippen molar-refractivity contribution in [1.29, 1.82) is 0 Å². The number of ether oxygens (including phenoxy) is 2. The van der Waals surface area contributed by atoms with Gasteiger partial charge < -0.3 is 14.8 Å². The van der Waals surface area contributed by atoms with Crippen molar-refractivity contribution in [2.75, 3.05) is 20.2 Å². The van der Waals surface area contributed by atoms with E-state index in [-0.39, 0.29) is 12.4 Å². The van der Waals surface area contributed by atoms with E-state index in [2.05, 4.69) is 5.32 Å². The van der Waals surface area contributed by atoms with Gasteiger partial charge >= 0.3 is 0 Å². The molecule has 0 saturated carbocycles. The van der Waals surface area contributed by atoms with Crippen molar-refractivity contribution < 1.29 is 9.47 Å². The van der Waals surface area contributed by atoms with Gasteiger partial charge in [-0.1, -0.05) is 18.2 Å². The molecule has 1 aromatic carbocycles. The number of rotatable bonds is 4. The molecule has 0 unspecified atom stereocenters. The number of benzene rings is 1. The second-order valence-corrected chi connectivity index (χ2v) is 3.74. The summed E-state index contributed by atoms with van der Waals surface area (Å²) in [7, 11) is 1.69. The molecule has 1 saturated heterocycles. The van der Waals surface area contributed by atoms with Crippen LogP contribution in [0.15, 0.2) is 24.3 Å². The third kappa shape index (κ3) is 3.37. The van der Waals surface area contributed by atoms with E-state index < -0.39 is 0 Å². The van der Waals surface area contributed by atoms with Crippen molar-refractivity contribution in [1.82, 2.24) is 5.32 Å². The van der Waals surface area contributed by atoms with E-state index in [4.69, 9.17) is 9.47 Å².